The van der Waals surface area contributed by atoms with E-state index in [-0.39, 0.29) is 23.9 Å². The Morgan fingerprint density at radius 2 is 2.00 bits per heavy atom. The number of nitrogens with zero attached hydrogens (tertiary/aromatic N) is 4. The van der Waals surface area contributed by atoms with Crippen LogP contribution in [-0.4, -0.2) is 90.0 Å². The predicted octanol–water partition coefficient (Wildman–Crippen LogP) is 4.01. The Kier molecular flexibility index (Phi) is 9.42. The fourth-order valence-corrected chi connectivity index (χ4v) is 6.47. The van der Waals surface area contributed by atoms with Gasteiger partial charge in [0.25, 0.3) is 11.8 Å². The molecule has 2 saturated heterocycles. The fourth-order valence-electron chi connectivity index (χ4n) is 5.98. The predicted molar refractivity (Wildman–Crippen MR) is 164 cm³/mol. The maximum Gasteiger partial charge on any atom is 0.269 e. The van der Waals surface area contributed by atoms with E-state index in [9.17, 15) is 9.59 Å². The number of carbonyl (C=O) groups excluding carboxylic acids is 2. The average Bonchev–Trinajstić information content (AvgIpc) is 3.41. The van der Waals surface area contributed by atoms with Gasteiger partial charge in [-0.3, -0.25) is 14.6 Å². The van der Waals surface area contributed by atoms with Crippen LogP contribution in [0.3, 0.4) is 0 Å². The highest BCUT2D eigenvalue weighted by molar-refractivity contribution is 6.36. The second kappa shape index (κ2) is 13.0. The number of nitrogens with one attached hydrogen (secondary N) is 2. The van der Waals surface area contributed by atoms with Gasteiger partial charge < -0.3 is 30.1 Å². The molecule has 0 radical (unpaired) electrons. The van der Waals surface area contributed by atoms with E-state index in [4.69, 9.17) is 27.9 Å². The van der Waals surface area contributed by atoms with Gasteiger partial charge in [0, 0.05) is 67.8 Å². The minimum absolute atomic E-state index is 0.0198. The van der Waals surface area contributed by atoms with Crippen molar-refractivity contribution in [2.45, 2.75) is 44.5 Å². The Morgan fingerprint density at radius 3 is 2.67 bits per heavy atom. The van der Waals surface area contributed by atoms with Crippen LogP contribution in [-0.2, 0) is 15.3 Å². The largest absolute Gasteiger partial charge is 0.363 e. The molecule has 4 heterocycles. The molecular weight excluding hydrogens is 575 g/mol. The molecule has 1 aromatic carbocycles. The summed E-state index contributed by atoms with van der Waals surface area (Å²) in [6.45, 7) is 7.71. The number of rotatable bonds is 8. The molecule has 3 aliphatic rings. The van der Waals surface area contributed by atoms with Gasteiger partial charge in [-0.25, -0.2) is 0 Å². The topological polar surface area (TPSA) is 90.0 Å². The third kappa shape index (κ3) is 6.29. The lowest BCUT2D eigenvalue weighted by molar-refractivity contribution is -0.120. The van der Waals surface area contributed by atoms with Crippen LogP contribution in [0, 0.1) is 0 Å². The number of piperazine rings is 1. The first-order valence-electron chi connectivity index (χ1n) is 14.5. The quantitative estimate of drug-likeness (QED) is 0.465. The Bertz CT molecular complexity index is 1370. The minimum atomic E-state index is -1.05. The van der Waals surface area contributed by atoms with Gasteiger partial charge in [-0.1, -0.05) is 36.2 Å². The van der Waals surface area contributed by atoms with Crippen LogP contribution in [0.2, 0.25) is 10.0 Å². The number of carbonyl (C=O) groups is 2. The van der Waals surface area contributed by atoms with E-state index >= 15 is 0 Å². The summed E-state index contributed by atoms with van der Waals surface area (Å²) in [4.78, 5) is 38.0. The summed E-state index contributed by atoms with van der Waals surface area (Å²) >= 11 is 12.4. The van der Waals surface area contributed by atoms with Crippen molar-refractivity contribution in [3.8, 4) is 0 Å². The monoisotopic (exact) mass is 612 g/mol. The van der Waals surface area contributed by atoms with Crippen LogP contribution in [0.5, 0.6) is 0 Å². The number of amides is 2. The van der Waals surface area contributed by atoms with Crippen molar-refractivity contribution in [1.82, 2.24) is 30.3 Å². The summed E-state index contributed by atoms with van der Waals surface area (Å²) in [6, 6.07) is 8.77. The number of ether oxygens (including phenoxy) is 1. The number of aromatic nitrogens is 1. The molecule has 2 aromatic rings. The maximum absolute atomic E-state index is 14.0. The molecule has 42 heavy (non-hydrogen) atoms. The van der Waals surface area contributed by atoms with E-state index in [1.165, 1.54) is 0 Å². The second-order valence-corrected chi connectivity index (χ2v) is 11.8. The van der Waals surface area contributed by atoms with Crippen molar-refractivity contribution in [2.75, 3.05) is 46.4 Å². The number of hydrogen-bond acceptors (Lipinski definition) is 7. The Balaban J connectivity index is 1.45. The van der Waals surface area contributed by atoms with Crippen LogP contribution < -0.4 is 10.6 Å². The van der Waals surface area contributed by atoms with Gasteiger partial charge in [-0.05, 0) is 69.8 Å². The third-order valence-electron chi connectivity index (χ3n) is 8.17. The molecule has 0 aliphatic carbocycles. The van der Waals surface area contributed by atoms with E-state index in [1.54, 1.807) is 30.6 Å². The van der Waals surface area contributed by atoms with Crippen molar-refractivity contribution in [2.24, 2.45) is 0 Å². The molecule has 0 saturated carbocycles. The SMILES string of the molecule is CCOC1(c2cccnc2)C=CC(N2CCN(C(=O)c3ccc(Cl)cc3Cl)C[C@H]2CC)=C(C(=O)N[C@@H]2CCN(C)C2)N1. The zero-order valence-electron chi connectivity index (χ0n) is 24.3. The molecule has 5 rings (SSSR count). The summed E-state index contributed by atoms with van der Waals surface area (Å²) in [7, 11) is 2.06. The summed E-state index contributed by atoms with van der Waals surface area (Å²) in [5.74, 6) is -0.305. The van der Waals surface area contributed by atoms with Gasteiger partial charge in [0.15, 0.2) is 5.72 Å². The van der Waals surface area contributed by atoms with Crippen LogP contribution in [0.25, 0.3) is 0 Å². The van der Waals surface area contributed by atoms with Crippen molar-refractivity contribution in [3.05, 3.63) is 87.4 Å². The first kappa shape index (κ1) is 30.4. The van der Waals surface area contributed by atoms with Crippen LogP contribution >= 0.6 is 23.2 Å². The molecule has 3 aliphatic heterocycles. The highest BCUT2D eigenvalue weighted by Crippen LogP contribution is 2.34. The number of likely N-dealkylation sites (N-methyl/N-ethyl adjacent to an activating group) is 1. The van der Waals surface area contributed by atoms with Gasteiger partial charge in [-0.2, -0.15) is 0 Å². The Hall–Kier alpha value is -3.11. The molecule has 0 spiro atoms. The van der Waals surface area contributed by atoms with Crippen LogP contribution in [0.4, 0.5) is 0 Å². The molecule has 11 heteroatoms. The molecule has 2 N–H and O–H groups in total. The Labute approximate surface area is 257 Å². The molecular formula is C31H38Cl2N6O3. The standard InChI is InChI=1S/C31H38Cl2N6O3/c1-4-24-20-38(30(41)25-9-8-22(32)17-26(25)33)15-16-39(24)27-10-12-31(42-5-2,21-7-6-13-34-18-21)36-28(27)29(40)35-23-11-14-37(3)19-23/h6-10,12-13,17-18,23-24,36H,4-5,11,14-16,19-20H2,1-3H3,(H,35,40)/t23-,24-,31?/m1/s1. The summed E-state index contributed by atoms with van der Waals surface area (Å²) < 4.78 is 6.28. The summed E-state index contributed by atoms with van der Waals surface area (Å²) in [5, 5.41) is 7.56. The molecule has 9 nitrogen and oxygen atoms in total. The van der Waals surface area contributed by atoms with E-state index in [1.807, 2.05) is 36.1 Å². The third-order valence-corrected chi connectivity index (χ3v) is 8.72. The van der Waals surface area contributed by atoms with E-state index in [0.717, 1.165) is 37.2 Å². The number of pyridine rings is 1. The number of hydrogen-bond donors (Lipinski definition) is 2. The number of halogens is 2. The summed E-state index contributed by atoms with van der Waals surface area (Å²) in [5.41, 5.74) is 1.42. The zero-order chi connectivity index (χ0) is 29.9. The van der Waals surface area contributed by atoms with Crippen LogP contribution in [0.15, 0.2) is 66.3 Å². The fraction of sp³-hybridized carbons (Fsp3) is 0.452. The van der Waals surface area contributed by atoms with E-state index < -0.39 is 5.72 Å². The van der Waals surface area contributed by atoms with Gasteiger partial charge >= 0.3 is 0 Å². The highest BCUT2D eigenvalue weighted by atomic mass is 35.5. The van der Waals surface area contributed by atoms with Gasteiger partial charge in [0.2, 0.25) is 0 Å². The number of likely N-dealkylation sites (tertiary alicyclic amines) is 1. The van der Waals surface area contributed by atoms with E-state index in [2.05, 4.69) is 39.4 Å². The number of dihydropyridines is 1. The van der Waals surface area contributed by atoms with Gasteiger partial charge in [0.05, 0.1) is 16.3 Å². The Morgan fingerprint density at radius 1 is 1.17 bits per heavy atom. The van der Waals surface area contributed by atoms with Crippen molar-refractivity contribution in [1.29, 1.82) is 0 Å². The van der Waals surface area contributed by atoms with Crippen molar-refractivity contribution < 1.29 is 14.3 Å². The second-order valence-electron chi connectivity index (χ2n) is 11.0. The first-order chi connectivity index (χ1) is 20.2. The minimum Gasteiger partial charge on any atom is -0.363 e. The number of allylic oxidation sites excluding steroid dienone is 1. The summed E-state index contributed by atoms with van der Waals surface area (Å²) in [6.07, 6.45) is 9.07. The maximum atomic E-state index is 14.0. The smallest absolute Gasteiger partial charge is 0.269 e. The molecule has 2 amide bonds. The molecule has 2 fully saturated rings. The highest BCUT2D eigenvalue weighted by Gasteiger charge is 2.40. The molecule has 1 aromatic heterocycles. The first-order valence-corrected chi connectivity index (χ1v) is 15.3. The lowest BCUT2D eigenvalue weighted by Crippen LogP contribution is -2.57. The lowest BCUT2D eigenvalue weighted by atomic mass is 9.97. The normalized spacial score (nSPS) is 24.6. The van der Waals surface area contributed by atoms with Crippen molar-refractivity contribution in [3.63, 3.8) is 0 Å². The van der Waals surface area contributed by atoms with Crippen molar-refractivity contribution >= 4 is 35.0 Å². The molecule has 1 unspecified atom stereocenters. The molecule has 3 atom stereocenters. The lowest BCUT2D eigenvalue weighted by Gasteiger charge is -2.46. The van der Waals surface area contributed by atoms with Gasteiger partial charge in [0.1, 0.15) is 5.70 Å². The molecule has 224 valence electrons. The zero-order valence-corrected chi connectivity index (χ0v) is 25.8. The van der Waals surface area contributed by atoms with E-state index in [0.29, 0.717) is 47.5 Å². The molecule has 0 bridgehead atoms. The van der Waals surface area contributed by atoms with Gasteiger partial charge in [-0.15, -0.1) is 0 Å². The number of benzene rings is 1. The van der Waals surface area contributed by atoms with Crippen LogP contribution in [0.1, 0.15) is 42.6 Å². The average molecular weight is 614 g/mol.